The molecule has 0 saturated heterocycles. The summed E-state index contributed by atoms with van der Waals surface area (Å²) in [5.41, 5.74) is 5.09. The zero-order valence-electron chi connectivity index (χ0n) is 17.5. The molecule has 6 nitrogen and oxygen atoms in total. The van der Waals surface area contributed by atoms with E-state index in [0.29, 0.717) is 17.3 Å². The summed E-state index contributed by atoms with van der Waals surface area (Å²) in [7, 11) is 0. The minimum Gasteiger partial charge on any atom is -0.351 e. The summed E-state index contributed by atoms with van der Waals surface area (Å²) in [6, 6.07) is 10.2. The van der Waals surface area contributed by atoms with Gasteiger partial charge in [-0.05, 0) is 42.4 Å². The molecule has 0 spiro atoms. The number of rotatable bonds is 4. The molecule has 0 unspecified atom stereocenters. The van der Waals surface area contributed by atoms with Gasteiger partial charge in [-0.15, -0.1) is 0 Å². The van der Waals surface area contributed by atoms with Gasteiger partial charge in [0.25, 0.3) is 0 Å². The number of hydrogen-bond acceptors (Lipinski definition) is 5. The minimum absolute atomic E-state index is 0. The zero-order valence-corrected chi connectivity index (χ0v) is 18.5. The fourth-order valence-corrected chi connectivity index (χ4v) is 4.06. The van der Waals surface area contributed by atoms with Crippen molar-refractivity contribution in [3.05, 3.63) is 71.4 Å². The molecule has 4 aromatic rings. The monoisotopic (exact) mass is 436 g/mol. The van der Waals surface area contributed by atoms with Crippen molar-refractivity contribution in [3.63, 3.8) is 0 Å². The van der Waals surface area contributed by atoms with E-state index >= 15 is 0 Å². The molecule has 0 amide bonds. The molecule has 1 aromatic carbocycles. The number of nitrogens with one attached hydrogen (secondary N) is 1. The Bertz CT molecular complexity index is 1220. The molecule has 8 heteroatoms. The van der Waals surface area contributed by atoms with Gasteiger partial charge in [0.2, 0.25) is 5.95 Å². The number of halogens is 1. The van der Waals surface area contributed by atoms with E-state index in [-0.39, 0.29) is 25.5 Å². The van der Waals surface area contributed by atoms with Gasteiger partial charge < -0.3 is 5.32 Å². The Balaban J connectivity index is 0.00000231. The maximum Gasteiger partial charge on any atom is 0.228 e. The Morgan fingerprint density at radius 1 is 1.10 bits per heavy atom. The molecule has 0 aliphatic heterocycles. The second-order valence-electron chi connectivity index (χ2n) is 8.11. The molecule has 0 radical (unpaired) electrons. The summed E-state index contributed by atoms with van der Waals surface area (Å²) in [4.78, 5) is 13.4. The quantitative estimate of drug-likeness (QED) is 0.509. The van der Waals surface area contributed by atoms with Crippen molar-refractivity contribution in [2.24, 2.45) is 0 Å². The summed E-state index contributed by atoms with van der Waals surface area (Å²) >= 11 is 0. The average Bonchev–Trinajstić information content (AvgIpc) is 3.18. The van der Waals surface area contributed by atoms with E-state index < -0.39 is 5.82 Å². The van der Waals surface area contributed by atoms with Crippen LogP contribution in [0.4, 0.5) is 10.3 Å². The highest BCUT2D eigenvalue weighted by Gasteiger charge is 2.22. The first-order valence-corrected chi connectivity index (χ1v) is 10.3. The van der Waals surface area contributed by atoms with Crippen LogP contribution >= 0.6 is 13.5 Å². The van der Waals surface area contributed by atoms with Crippen LogP contribution in [0.5, 0.6) is 0 Å². The third kappa shape index (κ3) is 4.12. The number of benzene rings is 1. The summed E-state index contributed by atoms with van der Waals surface area (Å²) in [5, 5.41) is 8.12. The highest BCUT2D eigenvalue weighted by molar-refractivity contribution is 7.59. The van der Waals surface area contributed by atoms with Crippen LogP contribution in [0.2, 0.25) is 0 Å². The standard InChI is InChI=1S/C23H23FN6.H2S/c1-14(2)20-13-26-30-22(20)28-21(17-9-18(24)12-25-11-17)29-23(30)27-19-8-7-15-5-3-4-6-16(15)10-19;/h3-6,9,11-14,19H,7-8,10H2,1-2H3,(H,27,28,29);1H2/t19-;/m0./s1. The maximum atomic E-state index is 13.8. The molecule has 5 rings (SSSR count). The van der Waals surface area contributed by atoms with E-state index in [9.17, 15) is 4.39 Å². The highest BCUT2D eigenvalue weighted by atomic mass is 32.1. The van der Waals surface area contributed by atoms with Crippen LogP contribution in [0.15, 0.2) is 48.9 Å². The maximum absolute atomic E-state index is 13.8. The van der Waals surface area contributed by atoms with Crippen LogP contribution in [0.25, 0.3) is 17.0 Å². The van der Waals surface area contributed by atoms with Gasteiger partial charge >= 0.3 is 0 Å². The van der Waals surface area contributed by atoms with Crippen molar-refractivity contribution in [2.45, 2.75) is 45.1 Å². The van der Waals surface area contributed by atoms with E-state index in [1.807, 2.05) is 6.20 Å². The number of fused-ring (bicyclic) bond motifs is 2. The Morgan fingerprint density at radius 3 is 2.68 bits per heavy atom. The lowest BCUT2D eigenvalue weighted by molar-refractivity contribution is 0.602. The van der Waals surface area contributed by atoms with E-state index in [2.05, 4.69) is 53.5 Å². The van der Waals surface area contributed by atoms with Gasteiger partial charge in [0.1, 0.15) is 5.82 Å². The molecule has 0 fully saturated rings. The molecule has 1 aliphatic rings. The predicted octanol–water partition coefficient (Wildman–Crippen LogP) is 4.53. The van der Waals surface area contributed by atoms with Gasteiger partial charge in [-0.3, -0.25) is 4.98 Å². The highest BCUT2D eigenvalue weighted by Crippen LogP contribution is 2.27. The van der Waals surface area contributed by atoms with Gasteiger partial charge in [-0.1, -0.05) is 38.1 Å². The number of aromatic nitrogens is 5. The van der Waals surface area contributed by atoms with Crippen LogP contribution in [-0.4, -0.2) is 30.6 Å². The minimum atomic E-state index is -0.410. The Hall–Kier alpha value is -3.00. The van der Waals surface area contributed by atoms with Gasteiger partial charge in [0.15, 0.2) is 11.5 Å². The SMILES string of the molecule is CC(C)c1cnn2c(N[C@H]3CCc4ccccc4C3)nc(-c3cncc(F)c3)nc12.S. The second-order valence-corrected chi connectivity index (χ2v) is 8.11. The first kappa shape index (κ1) is 21.2. The molecule has 3 aromatic heterocycles. The third-order valence-electron chi connectivity index (χ3n) is 5.66. The van der Waals surface area contributed by atoms with E-state index in [1.165, 1.54) is 23.4 Å². The number of anilines is 1. The third-order valence-corrected chi connectivity index (χ3v) is 5.66. The smallest absolute Gasteiger partial charge is 0.228 e. The molecule has 160 valence electrons. The number of nitrogens with zero attached hydrogens (tertiary/aromatic N) is 5. The topological polar surface area (TPSA) is 68.0 Å². The predicted molar refractivity (Wildman–Crippen MR) is 124 cm³/mol. The van der Waals surface area contributed by atoms with Crippen molar-refractivity contribution >= 4 is 25.1 Å². The molecule has 0 bridgehead atoms. The first-order chi connectivity index (χ1) is 14.6. The van der Waals surface area contributed by atoms with Gasteiger partial charge in [0, 0.05) is 23.4 Å². The Morgan fingerprint density at radius 2 is 1.90 bits per heavy atom. The lowest BCUT2D eigenvalue weighted by atomic mass is 9.88. The molecule has 31 heavy (non-hydrogen) atoms. The number of pyridine rings is 1. The summed E-state index contributed by atoms with van der Waals surface area (Å²) < 4.78 is 15.5. The van der Waals surface area contributed by atoms with Crippen molar-refractivity contribution in [1.29, 1.82) is 0 Å². The van der Waals surface area contributed by atoms with Gasteiger partial charge in [-0.25, -0.2) is 9.37 Å². The normalized spacial score (nSPS) is 15.5. The lowest BCUT2D eigenvalue weighted by Crippen LogP contribution is -2.29. The van der Waals surface area contributed by atoms with Crippen LogP contribution in [0.3, 0.4) is 0 Å². The molecule has 3 heterocycles. The molecular weight excluding hydrogens is 411 g/mol. The summed E-state index contributed by atoms with van der Waals surface area (Å²) in [6.45, 7) is 4.21. The van der Waals surface area contributed by atoms with Crippen LogP contribution in [0.1, 0.15) is 42.9 Å². The van der Waals surface area contributed by atoms with Crippen molar-refractivity contribution < 1.29 is 4.39 Å². The first-order valence-electron chi connectivity index (χ1n) is 10.3. The van der Waals surface area contributed by atoms with Crippen LogP contribution in [0, 0.1) is 5.82 Å². The largest absolute Gasteiger partial charge is 0.351 e. The van der Waals surface area contributed by atoms with Crippen LogP contribution < -0.4 is 5.32 Å². The van der Waals surface area contributed by atoms with Crippen LogP contribution in [-0.2, 0) is 12.8 Å². The van der Waals surface area contributed by atoms with Crippen molar-refractivity contribution in [3.8, 4) is 11.4 Å². The molecule has 1 aliphatic carbocycles. The molecule has 1 atom stereocenters. The Labute approximate surface area is 187 Å². The second kappa shape index (κ2) is 8.63. The van der Waals surface area contributed by atoms with Gasteiger partial charge in [0.05, 0.1) is 12.4 Å². The fourth-order valence-electron chi connectivity index (χ4n) is 4.06. The van der Waals surface area contributed by atoms with E-state index in [0.717, 1.165) is 30.5 Å². The van der Waals surface area contributed by atoms with E-state index in [1.54, 1.807) is 10.7 Å². The summed E-state index contributed by atoms with van der Waals surface area (Å²) in [6.07, 6.45) is 7.57. The average molecular weight is 437 g/mol. The zero-order chi connectivity index (χ0) is 20.7. The van der Waals surface area contributed by atoms with Crippen molar-refractivity contribution in [1.82, 2.24) is 24.6 Å². The number of hydrogen-bond donors (Lipinski definition) is 1. The number of aryl methyl sites for hydroxylation is 1. The lowest BCUT2D eigenvalue weighted by Gasteiger charge is -2.26. The Kier molecular flexibility index (Phi) is 5.91. The van der Waals surface area contributed by atoms with Gasteiger partial charge in [-0.2, -0.15) is 28.1 Å². The fraction of sp³-hybridized carbons (Fsp3) is 0.304. The molecule has 1 N–H and O–H groups in total. The van der Waals surface area contributed by atoms with Crippen molar-refractivity contribution in [2.75, 3.05) is 5.32 Å². The molecular formula is C23H25FN6S. The van der Waals surface area contributed by atoms with E-state index in [4.69, 9.17) is 9.97 Å². The molecule has 0 saturated carbocycles. The summed E-state index contributed by atoms with van der Waals surface area (Å²) in [5.74, 6) is 0.906.